The van der Waals surface area contributed by atoms with Crippen LogP contribution in [0.3, 0.4) is 0 Å². The number of allylic oxidation sites excluding steroid dienone is 1. The molecule has 0 saturated heterocycles. The van der Waals surface area contributed by atoms with Gasteiger partial charge in [0.15, 0.2) is 23.0 Å². The minimum absolute atomic E-state index is 0.00820. The Labute approximate surface area is 224 Å². The van der Waals surface area contributed by atoms with E-state index in [0.29, 0.717) is 11.1 Å². The average molecular weight is 533 g/mol. The zero-order valence-corrected chi connectivity index (χ0v) is 21.2. The Kier molecular flexibility index (Phi) is 10.4. The molecule has 200 valence electrons. The fourth-order valence-corrected chi connectivity index (χ4v) is 2.78. The van der Waals surface area contributed by atoms with Crippen LogP contribution in [-0.4, -0.2) is 29.8 Å². The van der Waals surface area contributed by atoms with Gasteiger partial charge in [0.2, 0.25) is 0 Å². The lowest BCUT2D eigenvalue weighted by Gasteiger charge is -2.14. The number of carbonyl (C=O) groups excluding carboxylic acids is 5. The van der Waals surface area contributed by atoms with Crippen LogP contribution >= 0.6 is 0 Å². The van der Waals surface area contributed by atoms with E-state index in [1.54, 1.807) is 6.92 Å². The lowest BCUT2D eigenvalue weighted by atomic mass is 10.0. The van der Waals surface area contributed by atoms with Gasteiger partial charge in [-0.2, -0.15) is 0 Å². The molecule has 0 aliphatic rings. The molecule has 0 spiro atoms. The smallest absolute Gasteiger partial charge is 0.339 e. The molecule has 2 aromatic rings. The molecule has 2 aromatic carbocycles. The summed E-state index contributed by atoms with van der Waals surface area (Å²) in [5.74, 6) is -4.49. The Morgan fingerprint density at radius 1 is 0.564 bits per heavy atom. The van der Waals surface area contributed by atoms with Crippen molar-refractivity contribution >= 4 is 35.4 Å². The first-order valence-electron chi connectivity index (χ1n) is 11.1. The first kappa shape index (κ1) is 29.7. The van der Waals surface area contributed by atoms with Crippen molar-refractivity contribution in [3.05, 3.63) is 98.2 Å². The van der Waals surface area contributed by atoms with E-state index < -0.39 is 29.8 Å². The highest BCUT2D eigenvalue weighted by Gasteiger charge is 2.19. The SMILES string of the molecule is C=CC(=O)Oc1ccc(OC(=O)C(C)=C(C)c2ccc(OC(=O)C=C)c(OC(=O)C=C)c2)c(OC(=O)C=C)c1. The number of hydrogen-bond donors (Lipinski definition) is 0. The van der Waals surface area contributed by atoms with Gasteiger partial charge in [0, 0.05) is 35.9 Å². The fraction of sp³-hybridized carbons (Fsp3) is 0.0690. The van der Waals surface area contributed by atoms with Crippen LogP contribution in [0, 0.1) is 0 Å². The van der Waals surface area contributed by atoms with E-state index in [9.17, 15) is 24.0 Å². The fourth-order valence-electron chi connectivity index (χ4n) is 2.78. The molecule has 0 aromatic heterocycles. The minimum Gasteiger partial charge on any atom is -0.423 e. The molecule has 0 fully saturated rings. The molecule has 0 N–H and O–H groups in total. The molecule has 2 rings (SSSR count). The van der Waals surface area contributed by atoms with Gasteiger partial charge in [-0.05, 0) is 49.2 Å². The maximum atomic E-state index is 13.0. The van der Waals surface area contributed by atoms with Gasteiger partial charge >= 0.3 is 29.8 Å². The molecule has 0 radical (unpaired) electrons. The van der Waals surface area contributed by atoms with Gasteiger partial charge in [-0.15, -0.1) is 0 Å². The van der Waals surface area contributed by atoms with E-state index in [1.165, 1.54) is 43.3 Å². The molecule has 0 heterocycles. The van der Waals surface area contributed by atoms with Crippen molar-refractivity contribution in [1.29, 1.82) is 0 Å². The number of hydrogen-bond acceptors (Lipinski definition) is 10. The second-order valence-corrected chi connectivity index (χ2v) is 7.41. The van der Waals surface area contributed by atoms with Gasteiger partial charge in [0.05, 0.1) is 0 Å². The number of carbonyl (C=O) groups is 5. The van der Waals surface area contributed by atoms with Crippen LogP contribution in [0.15, 0.2) is 92.6 Å². The summed E-state index contributed by atoms with van der Waals surface area (Å²) in [5, 5.41) is 0. The third-order valence-corrected chi connectivity index (χ3v) is 4.88. The molecular formula is C29H24O10. The molecule has 0 amide bonds. The third-order valence-electron chi connectivity index (χ3n) is 4.88. The first-order chi connectivity index (χ1) is 18.5. The third kappa shape index (κ3) is 8.25. The van der Waals surface area contributed by atoms with Crippen LogP contribution in [0.25, 0.3) is 5.57 Å². The molecule has 0 aliphatic carbocycles. The first-order valence-corrected chi connectivity index (χ1v) is 11.1. The van der Waals surface area contributed by atoms with Crippen LogP contribution in [-0.2, 0) is 24.0 Å². The van der Waals surface area contributed by atoms with Crippen molar-refractivity contribution in [3.8, 4) is 28.7 Å². The molecule has 0 aliphatic heterocycles. The van der Waals surface area contributed by atoms with E-state index >= 15 is 0 Å². The molecule has 0 bridgehead atoms. The van der Waals surface area contributed by atoms with Gasteiger partial charge in [-0.3, -0.25) is 0 Å². The summed E-state index contributed by atoms with van der Waals surface area (Å²) in [4.78, 5) is 59.7. The van der Waals surface area contributed by atoms with Gasteiger partial charge in [0.1, 0.15) is 5.75 Å². The normalized spacial score (nSPS) is 10.6. The van der Waals surface area contributed by atoms with E-state index in [0.717, 1.165) is 24.3 Å². The quantitative estimate of drug-likeness (QED) is 0.232. The summed E-state index contributed by atoms with van der Waals surface area (Å²) in [6.07, 6.45) is 3.71. The van der Waals surface area contributed by atoms with Crippen molar-refractivity contribution in [2.24, 2.45) is 0 Å². The predicted molar refractivity (Wildman–Crippen MR) is 140 cm³/mol. The highest BCUT2D eigenvalue weighted by atomic mass is 16.6. The van der Waals surface area contributed by atoms with Crippen LogP contribution in [0.5, 0.6) is 28.7 Å². The maximum absolute atomic E-state index is 13.0. The van der Waals surface area contributed by atoms with Gasteiger partial charge < -0.3 is 23.7 Å². The van der Waals surface area contributed by atoms with Crippen molar-refractivity contribution in [2.75, 3.05) is 0 Å². The van der Waals surface area contributed by atoms with Crippen LogP contribution in [0.1, 0.15) is 19.4 Å². The highest BCUT2D eigenvalue weighted by Crippen LogP contribution is 2.35. The maximum Gasteiger partial charge on any atom is 0.339 e. The van der Waals surface area contributed by atoms with E-state index in [1.807, 2.05) is 0 Å². The molecule has 0 saturated carbocycles. The lowest BCUT2D eigenvalue weighted by Crippen LogP contribution is -2.13. The van der Waals surface area contributed by atoms with Crippen LogP contribution in [0.2, 0.25) is 0 Å². The number of rotatable bonds is 11. The summed E-state index contributed by atoms with van der Waals surface area (Å²) in [7, 11) is 0. The summed E-state index contributed by atoms with van der Waals surface area (Å²) in [5.41, 5.74) is 0.980. The van der Waals surface area contributed by atoms with Gasteiger partial charge in [-0.25, -0.2) is 24.0 Å². The summed E-state index contributed by atoms with van der Waals surface area (Å²) in [6.45, 7) is 16.4. The number of esters is 5. The topological polar surface area (TPSA) is 132 Å². The summed E-state index contributed by atoms with van der Waals surface area (Å²) >= 11 is 0. The molecule has 0 unspecified atom stereocenters. The zero-order valence-electron chi connectivity index (χ0n) is 21.2. The van der Waals surface area contributed by atoms with Crippen molar-refractivity contribution in [1.82, 2.24) is 0 Å². The molecular weight excluding hydrogens is 508 g/mol. The second-order valence-electron chi connectivity index (χ2n) is 7.41. The Bertz CT molecular complexity index is 1410. The average Bonchev–Trinajstić information content (AvgIpc) is 2.93. The second kappa shape index (κ2) is 13.7. The van der Waals surface area contributed by atoms with Crippen molar-refractivity contribution < 1.29 is 47.7 Å². The Morgan fingerprint density at radius 2 is 1.00 bits per heavy atom. The van der Waals surface area contributed by atoms with Crippen LogP contribution in [0.4, 0.5) is 0 Å². The predicted octanol–water partition coefficient (Wildman–Crippen LogP) is 4.45. The van der Waals surface area contributed by atoms with Crippen LogP contribution < -0.4 is 23.7 Å². The van der Waals surface area contributed by atoms with Gasteiger partial charge in [-0.1, -0.05) is 32.4 Å². The minimum atomic E-state index is -0.846. The van der Waals surface area contributed by atoms with E-state index in [-0.39, 0.29) is 34.3 Å². The number of benzene rings is 2. The van der Waals surface area contributed by atoms with Crippen molar-refractivity contribution in [3.63, 3.8) is 0 Å². The molecule has 10 nitrogen and oxygen atoms in total. The van der Waals surface area contributed by atoms with E-state index in [4.69, 9.17) is 23.7 Å². The van der Waals surface area contributed by atoms with Gasteiger partial charge in [0.25, 0.3) is 0 Å². The van der Waals surface area contributed by atoms with Crippen molar-refractivity contribution in [2.45, 2.75) is 13.8 Å². The number of ether oxygens (including phenoxy) is 5. The summed E-state index contributed by atoms with van der Waals surface area (Å²) < 4.78 is 25.8. The monoisotopic (exact) mass is 532 g/mol. The largest absolute Gasteiger partial charge is 0.423 e. The Balaban J connectivity index is 2.43. The van der Waals surface area contributed by atoms with E-state index in [2.05, 4.69) is 26.3 Å². The Hall–Kier alpha value is -5.51. The molecule has 0 atom stereocenters. The highest BCUT2D eigenvalue weighted by molar-refractivity contribution is 5.98. The standard InChI is InChI=1S/C29H24O10/c1-7-25(30)35-20-12-14-22(24(16-20)38-28(33)10-4)39-29(34)18(6)17(5)19-11-13-21(36-26(31)8-2)23(15-19)37-27(32)9-3/h7-16H,1-4H2,5-6H3. The molecule has 10 heteroatoms. The summed E-state index contributed by atoms with van der Waals surface area (Å²) in [6, 6.07) is 8.07. The Morgan fingerprint density at radius 3 is 1.54 bits per heavy atom. The zero-order chi connectivity index (χ0) is 29.1. The molecule has 39 heavy (non-hydrogen) atoms. The lowest BCUT2D eigenvalue weighted by molar-refractivity contribution is -0.132.